The molecule has 20 heavy (non-hydrogen) atoms. The second-order valence-electron chi connectivity index (χ2n) is 3.62. The van der Waals surface area contributed by atoms with Crippen LogP contribution >= 0.6 is 11.3 Å². The van der Waals surface area contributed by atoms with E-state index in [2.05, 4.69) is 20.0 Å². The Bertz CT molecular complexity index is 707. The van der Waals surface area contributed by atoms with Gasteiger partial charge >= 0.3 is 0 Å². The molecule has 0 spiro atoms. The van der Waals surface area contributed by atoms with Crippen molar-refractivity contribution in [2.75, 3.05) is 18.4 Å². The maximum atomic E-state index is 11.8. The average molecular weight is 309 g/mol. The summed E-state index contributed by atoms with van der Waals surface area (Å²) in [6.07, 6.45) is 2.88. The molecule has 2 N–H and O–H groups in total. The van der Waals surface area contributed by atoms with Gasteiger partial charge in [-0.2, -0.15) is 5.26 Å². The van der Waals surface area contributed by atoms with Gasteiger partial charge < -0.3 is 5.32 Å². The van der Waals surface area contributed by atoms with E-state index in [1.54, 1.807) is 11.4 Å². The molecular weight excluding hydrogens is 298 g/mol. The predicted octanol–water partition coefficient (Wildman–Crippen LogP) is 0.800. The Morgan fingerprint density at radius 1 is 1.30 bits per heavy atom. The van der Waals surface area contributed by atoms with Gasteiger partial charge in [-0.1, -0.05) is 6.07 Å². The zero-order valence-electron chi connectivity index (χ0n) is 10.3. The molecule has 0 saturated carbocycles. The molecule has 9 heteroatoms. The van der Waals surface area contributed by atoms with E-state index in [1.807, 2.05) is 6.07 Å². The second-order valence-corrected chi connectivity index (χ2v) is 6.56. The predicted molar refractivity (Wildman–Crippen MR) is 74.7 cm³/mol. The SMILES string of the molecule is N#Cc1nccnc1NCCNS(=O)(=O)c1cccs1. The molecule has 2 aromatic rings. The third-order valence-corrected chi connectivity index (χ3v) is 5.13. The first kappa shape index (κ1) is 14.4. The van der Waals surface area contributed by atoms with Gasteiger partial charge in [0.1, 0.15) is 10.3 Å². The van der Waals surface area contributed by atoms with Crippen molar-refractivity contribution in [3.63, 3.8) is 0 Å². The summed E-state index contributed by atoms with van der Waals surface area (Å²) in [4.78, 5) is 7.80. The number of sulfonamides is 1. The molecule has 7 nitrogen and oxygen atoms in total. The van der Waals surface area contributed by atoms with Gasteiger partial charge in [-0.3, -0.25) is 0 Å². The Hall–Kier alpha value is -2.02. The van der Waals surface area contributed by atoms with Crippen LogP contribution in [-0.2, 0) is 10.0 Å². The fourth-order valence-corrected chi connectivity index (χ4v) is 3.47. The van der Waals surface area contributed by atoms with Crippen molar-refractivity contribution in [3.05, 3.63) is 35.6 Å². The Morgan fingerprint density at radius 3 is 2.80 bits per heavy atom. The molecule has 0 aromatic carbocycles. The summed E-state index contributed by atoms with van der Waals surface area (Å²) in [5.74, 6) is 0.338. The fraction of sp³-hybridized carbons (Fsp3) is 0.182. The maximum absolute atomic E-state index is 11.8. The molecule has 0 amide bonds. The number of hydrogen-bond acceptors (Lipinski definition) is 7. The normalized spacial score (nSPS) is 10.9. The number of aromatic nitrogens is 2. The number of anilines is 1. The van der Waals surface area contributed by atoms with E-state index in [0.29, 0.717) is 12.4 Å². The number of nitrogens with zero attached hydrogens (tertiary/aromatic N) is 3. The molecule has 0 aliphatic heterocycles. The fourth-order valence-electron chi connectivity index (χ4n) is 1.40. The number of nitrogens with one attached hydrogen (secondary N) is 2. The third kappa shape index (κ3) is 3.51. The molecule has 0 aliphatic rings. The molecule has 2 heterocycles. The highest BCUT2D eigenvalue weighted by Gasteiger charge is 2.13. The lowest BCUT2D eigenvalue weighted by atomic mass is 10.4. The zero-order valence-corrected chi connectivity index (χ0v) is 11.9. The minimum Gasteiger partial charge on any atom is -0.366 e. The van der Waals surface area contributed by atoms with Crippen LogP contribution in [0.4, 0.5) is 5.82 Å². The van der Waals surface area contributed by atoms with Crippen LogP contribution < -0.4 is 10.0 Å². The summed E-state index contributed by atoms with van der Waals surface area (Å²) in [5, 5.41) is 13.4. The summed E-state index contributed by atoms with van der Waals surface area (Å²) >= 11 is 1.15. The molecule has 0 atom stereocenters. The molecule has 2 rings (SSSR count). The Morgan fingerprint density at radius 2 is 2.10 bits per heavy atom. The number of rotatable bonds is 6. The summed E-state index contributed by atoms with van der Waals surface area (Å²) in [6.45, 7) is 0.486. The van der Waals surface area contributed by atoms with Gasteiger partial charge in [0.15, 0.2) is 11.5 Å². The van der Waals surface area contributed by atoms with Gasteiger partial charge in [-0.15, -0.1) is 11.3 Å². The van der Waals surface area contributed by atoms with Crippen molar-refractivity contribution >= 4 is 27.2 Å². The van der Waals surface area contributed by atoms with Crippen LogP contribution in [0.1, 0.15) is 5.69 Å². The van der Waals surface area contributed by atoms with E-state index in [9.17, 15) is 8.42 Å². The van der Waals surface area contributed by atoms with E-state index >= 15 is 0 Å². The summed E-state index contributed by atoms with van der Waals surface area (Å²) < 4.78 is 26.4. The van der Waals surface area contributed by atoms with Crippen molar-refractivity contribution < 1.29 is 8.42 Å². The molecular formula is C11H11N5O2S2. The second kappa shape index (κ2) is 6.42. The lowest BCUT2D eigenvalue weighted by Crippen LogP contribution is -2.28. The van der Waals surface area contributed by atoms with Gasteiger partial charge in [-0.05, 0) is 11.4 Å². The lowest BCUT2D eigenvalue weighted by molar-refractivity contribution is 0.585. The van der Waals surface area contributed by atoms with Crippen molar-refractivity contribution in [1.29, 1.82) is 5.26 Å². The van der Waals surface area contributed by atoms with Crippen LogP contribution in [0.3, 0.4) is 0 Å². The van der Waals surface area contributed by atoms with Crippen molar-refractivity contribution in [3.8, 4) is 6.07 Å². The van der Waals surface area contributed by atoms with E-state index < -0.39 is 10.0 Å². The van der Waals surface area contributed by atoms with Gasteiger partial charge in [0.2, 0.25) is 10.0 Å². The number of hydrogen-bond donors (Lipinski definition) is 2. The molecule has 0 radical (unpaired) electrons. The van der Waals surface area contributed by atoms with Gasteiger partial charge in [-0.25, -0.2) is 23.1 Å². The van der Waals surface area contributed by atoms with Crippen LogP contribution in [0.25, 0.3) is 0 Å². The molecule has 0 unspecified atom stereocenters. The monoisotopic (exact) mass is 309 g/mol. The largest absolute Gasteiger partial charge is 0.366 e. The van der Waals surface area contributed by atoms with E-state index in [1.165, 1.54) is 18.5 Å². The van der Waals surface area contributed by atoms with Gasteiger partial charge in [0.05, 0.1) is 0 Å². The highest BCUT2D eigenvalue weighted by Crippen LogP contribution is 2.14. The quantitative estimate of drug-likeness (QED) is 0.764. The number of thiophene rings is 1. The van der Waals surface area contributed by atoms with Crippen molar-refractivity contribution in [2.24, 2.45) is 0 Å². The Labute approximate surface area is 120 Å². The molecule has 0 saturated heterocycles. The average Bonchev–Trinajstić information content (AvgIpc) is 2.99. The first-order valence-electron chi connectivity index (χ1n) is 5.61. The minimum atomic E-state index is -3.46. The highest BCUT2D eigenvalue weighted by molar-refractivity contribution is 7.91. The summed E-state index contributed by atoms with van der Waals surface area (Å²) in [5.41, 5.74) is 0.175. The van der Waals surface area contributed by atoms with Crippen molar-refractivity contribution in [2.45, 2.75) is 4.21 Å². The van der Waals surface area contributed by atoms with Gasteiger partial charge in [0.25, 0.3) is 0 Å². The van der Waals surface area contributed by atoms with E-state index in [0.717, 1.165) is 11.3 Å². The molecule has 0 fully saturated rings. The standard InChI is InChI=1S/C11H11N5O2S2/c12-8-9-11(14-4-3-13-9)15-5-6-16-20(17,18)10-2-1-7-19-10/h1-4,7,16H,5-6H2,(H,14,15). The first-order valence-corrected chi connectivity index (χ1v) is 7.98. The minimum absolute atomic E-state index is 0.175. The van der Waals surface area contributed by atoms with Crippen LogP contribution in [-0.4, -0.2) is 31.5 Å². The van der Waals surface area contributed by atoms with Crippen LogP contribution in [0.15, 0.2) is 34.1 Å². The van der Waals surface area contributed by atoms with Crippen LogP contribution in [0, 0.1) is 11.3 Å². The topological polar surface area (TPSA) is 108 Å². The molecule has 2 aromatic heterocycles. The number of nitriles is 1. The van der Waals surface area contributed by atoms with E-state index in [4.69, 9.17) is 5.26 Å². The molecule has 0 aliphatic carbocycles. The summed E-state index contributed by atoms with van der Waals surface area (Å²) in [7, 11) is -3.46. The van der Waals surface area contributed by atoms with E-state index in [-0.39, 0.29) is 16.4 Å². The lowest BCUT2D eigenvalue weighted by Gasteiger charge is -2.07. The van der Waals surface area contributed by atoms with Crippen LogP contribution in [0.5, 0.6) is 0 Å². The maximum Gasteiger partial charge on any atom is 0.250 e. The summed E-state index contributed by atoms with van der Waals surface area (Å²) in [6, 6.07) is 5.12. The third-order valence-electron chi connectivity index (χ3n) is 2.27. The first-order chi connectivity index (χ1) is 9.63. The smallest absolute Gasteiger partial charge is 0.250 e. The molecule has 104 valence electrons. The van der Waals surface area contributed by atoms with Gasteiger partial charge in [0, 0.05) is 25.5 Å². The Kier molecular flexibility index (Phi) is 4.62. The highest BCUT2D eigenvalue weighted by atomic mass is 32.2. The van der Waals surface area contributed by atoms with Crippen molar-refractivity contribution in [1.82, 2.24) is 14.7 Å². The Balaban J connectivity index is 1.87. The van der Waals surface area contributed by atoms with Crippen LogP contribution in [0.2, 0.25) is 0 Å². The molecule has 0 bridgehead atoms. The zero-order chi connectivity index (χ0) is 14.4.